The number of hydrogen-bond acceptors (Lipinski definition) is 5. The van der Waals surface area contributed by atoms with E-state index < -0.39 is 10.0 Å². The van der Waals surface area contributed by atoms with E-state index in [9.17, 15) is 13.2 Å². The number of nitrogens with zero attached hydrogens (tertiary/aromatic N) is 3. The minimum Gasteiger partial charge on any atom is -0.379 e. The maximum Gasteiger partial charge on any atom is 0.278 e. The molecule has 8 heteroatoms. The number of hydrogen-bond donors (Lipinski definition) is 0. The molecule has 1 aromatic carbocycles. The Kier molecular flexibility index (Phi) is 4.53. The molecule has 1 aromatic heterocycles. The van der Waals surface area contributed by atoms with Crippen molar-refractivity contribution in [2.45, 2.75) is 18.7 Å². The van der Waals surface area contributed by atoms with Crippen molar-refractivity contribution >= 4 is 15.9 Å². The molecule has 0 radical (unpaired) electrons. The molecule has 1 aliphatic heterocycles. The number of rotatable bonds is 3. The molecule has 2 heterocycles. The standard InChI is InChI=1S/C16H19N3O4S/c1-12-10-13(2)19(17-12)16(20)14-4-3-5-15(11-14)24(21,22)18-6-8-23-9-7-18/h3-5,10-11H,6-9H2,1-2H3. The molecule has 1 fully saturated rings. The van der Waals surface area contributed by atoms with Crippen molar-refractivity contribution in [3.63, 3.8) is 0 Å². The van der Waals surface area contributed by atoms with Crippen LogP contribution in [0.5, 0.6) is 0 Å². The zero-order chi connectivity index (χ0) is 17.3. The van der Waals surface area contributed by atoms with Gasteiger partial charge >= 0.3 is 0 Å². The van der Waals surface area contributed by atoms with E-state index in [-0.39, 0.29) is 16.4 Å². The van der Waals surface area contributed by atoms with Crippen LogP contribution >= 0.6 is 0 Å². The van der Waals surface area contributed by atoms with E-state index in [1.54, 1.807) is 32.0 Å². The van der Waals surface area contributed by atoms with Crippen LogP contribution in [0.2, 0.25) is 0 Å². The smallest absolute Gasteiger partial charge is 0.278 e. The second-order valence-electron chi connectivity index (χ2n) is 5.69. The molecule has 0 N–H and O–H groups in total. The highest BCUT2D eigenvalue weighted by atomic mass is 32.2. The molecule has 0 amide bonds. The Labute approximate surface area is 140 Å². The first-order valence-corrected chi connectivity index (χ1v) is 9.09. The Hall–Kier alpha value is -2.03. The molecular formula is C16H19N3O4S. The quantitative estimate of drug-likeness (QED) is 0.832. The lowest BCUT2D eigenvalue weighted by molar-refractivity contribution is 0.0730. The van der Waals surface area contributed by atoms with E-state index in [2.05, 4.69) is 5.10 Å². The maximum atomic E-state index is 12.7. The SMILES string of the molecule is Cc1cc(C)n(C(=O)c2cccc(S(=O)(=O)N3CCOCC3)c2)n1. The zero-order valence-corrected chi connectivity index (χ0v) is 14.4. The molecule has 3 rings (SSSR count). The van der Waals surface area contributed by atoms with Crippen molar-refractivity contribution in [2.75, 3.05) is 26.3 Å². The highest BCUT2D eigenvalue weighted by molar-refractivity contribution is 7.89. The predicted molar refractivity (Wildman–Crippen MR) is 87.4 cm³/mol. The van der Waals surface area contributed by atoms with Crippen LogP contribution in [-0.4, -0.2) is 54.7 Å². The number of carbonyl (C=O) groups is 1. The van der Waals surface area contributed by atoms with Gasteiger partial charge in [-0.15, -0.1) is 0 Å². The van der Waals surface area contributed by atoms with Gasteiger partial charge in [-0.1, -0.05) is 6.07 Å². The van der Waals surface area contributed by atoms with Crippen molar-refractivity contribution in [1.29, 1.82) is 0 Å². The van der Waals surface area contributed by atoms with Crippen molar-refractivity contribution in [2.24, 2.45) is 0 Å². The highest BCUT2D eigenvalue weighted by Gasteiger charge is 2.27. The molecule has 1 aliphatic rings. The van der Waals surface area contributed by atoms with Crippen LogP contribution in [0.1, 0.15) is 21.7 Å². The summed E-state index contributed by atoms with van der Waals surface area (Å²) >= 11 is 0. The van der Waals surface area contributed by atoms with Crippen LogP contribution in [0.4, 0.5) is 0 Å². The fourth-order valence-electron chi connectivity index (χ4n) is 2.68. The van der Waals surface area contributed by atoms with Crippen molar-refractivity contribution < 1.29 is 17.9 Å². The lowest BCUT2D eigenvalue weighted by Crippen LogP contribution is -2.40. The minimum absolute atomic E-state index is 0.108. The van der Waals surface area contributed by atoms with Crippen LogP contribution in [0.25, 0.3) is 0 Å². The molecule has 0 bridgehead atoms. The van der Waals surface area contributed by atoms with Gasteiger partial charge in [0.05, 0.1) is 23.8 Å². The first kappa shape index (κ1) is 16.8. The zero-order valence-electron chi connectivity index (χ0n) is 13.6. The number of carbonyl (C=O) groups excluding carboxylic acids is 1. The van der Waals surface area contributed by atoms with Crippen molar-refractivity contribution in [3.05, 3.63) is 47.3 Å². The first-order chi connectivity index (χ1) is 11.4. The van der Waals surface area contributed by atoms with E-state index in [1.807, 2.05) is 0 Å². The summed E-state index contributed by atoms with van der Waals surface area (Å²) in [5, 5.41) is 4.16. The number of benzene rings is 1. The van der Waals surface area contributed by atoms with Crippen LogP contribution in [0, 0.1) is 13.8 Å². The van der Waals surface area contributed by atoms with Crippen LogP contribution in [-0.2, 0) is 14.8 Å². The summed E-state index contributed by atoms with van der Waals surface area (Å²) in [7, 11) is -3.63. The normalized spacial score (nSPS) is 16.2. The van der Waals surface area contributed by atoms with E-state index in [4.69, 9.17) is 4.74 Å². The van der Waals surface area contributed by atoms with E-state index in [0.29, 0.717) is 32.0 Å². The van der Waals surface area contributed by atoms with Gasteiger partial charge in [0, 0.05) is 24.3 Å². The number of morpholine rings is 1. The van der Waals surface area contributed by atoms with Crippen molar-refractivity contribution in [3.8, 4) is 0 Å². The van der Waals surface area contributed by atoms with Gasteiger partial charge in [0.1, 0.15) is 0 Å². The Bertz CT molecular complexity index is 867. The number of sulfonamides is 1. The Morgan fingerprint density at radius 2 is 1.88 bits per heavy atom. The Morgan fingerprint density at radius 3 is 2.50 bits per heavy atom. The fourth-order valence-corrected chi connectivity index (χ4v) is 4.14. The summed E-state index contributed by atoms with van der Waals surface area (Å²) in [6.45, 7) is 4.98. The van der Waals surface area contributed by atoms with Gasteiger partial charge < -0.3 is 4.74 Å². The average Bonchev–Trinajstić information content (AvgIpc) is 2.93. The summed E-state index contributed by atoms with van der Waals surface area (Å²) in [6.07, 6.45) is 0. The third-order valence-corrected chi connectivity index (χ3v) is 5.79. The van der Waals surface area contributed by atoms with Gasteiger partial charge in [-0.25, -0.2) is 13.1 Å². The third kappa shape index (κ3) is 3.12. The predicted octanol–water partition coefficient (Wildman–Crippen LogP) is 1.21. The van der Waals surface area contributed by atoms with Gasteiger partial charge in [0.25, 0.3) is 5.91 Å². The lowest BCUT2D eigenvalue weighted by Gasteiger charge is -2.26. The second kappa shape index (κ2) is 6.46. The van der Waals surface area contributed by atoms with Crippen LogP contribution in [0.15, 0.2) is 35.2 Å². The maximum absolute atomic E-state index is 12.7. The molecule has 0 spiro atoms. The summed E-state index contributed by atoms with van der Waals surface area (Å²) in [5.74, 6) is -0.348. The average molecular weight is 349 g/mol. The first-order valence-electron chi connectivity index (χ1n) is 7.65. The fraction of sp³-hybridized carbons (Fsp3) is 0.375. The molecular weight excluding hydrogens is 330 g/mol. The van der Waals surface area contributed by atoms with E-state index in [1.165, 1.54) is 21.1 Å². The molecule has 24 heavy (non-hydrogen) atoms. The topological polar surface area (TPSA) is 81.5 Å². The van der Waals surface area contributed by atoms with Crippen LogP contribution in [0.3, 0.4) is 0 Å². The van der Waals surface area contributed by atoms with Gasteiger partial charge in [-0.05, 0) is 38.1 Å². The highest BCUT2D eigenvalue weighted by Crippen LogP contribution is 2.19. The molecule has 2 aromatic rings. The van der Waals surface area contributed by atoms with E-state index >= 15 is 0 Å². The molecule has 0 saturated carbocycles. The summed E-state index contributed by atoms with van der Waals surface area (Å²) in [6, 6.07) is 7.88. The molecule has 128 valence electrons. The van der Waals surface area contributed by atoms with Gasteiger partial charge in [0.15, 0.2) is 0 Å². The van der Waals surface area contributed by atoms with Crippen molar-refractivity contribution in [1.82, 2.24) is 14.1 Å². The number of aryl methyl sites for hydroxylation is 2. The molecule has 0 aliphatic carbocycles. The molecule has 1 saturated heterocycles. The third-order valence-electron chi connectivity index (χ3n) is 3.89. The molecule has 0 atom stereocenters. The molecule has 7 nitrogen and oxygen atoms in total. The monoisotopic (exact) mass is 349 g/mol. The minimum atomic E-state index is -3.63. The lowest BCUT2D eigenvalue weighted by atomic mass is 10.2. The molecule has 0 unspecified atom stereocenters. The van der Waals surface area contributed by atoms with Gasteiger partial charge in [-0.2, -0.15) is 9.40 Å². The Balaban J connectivity index is 1.94. The largest absolute Gasteiger partial charge is 0.379 e. The summed E-state index contributed by atoms with van der Waals surface area (Å²) < 4.78 is 33.3. The summed E-state index contributed by atoms with van der Waals surface area (Å²) in [4.78, 5) is 12.7. The van der Waals surface area contributed by atoms with Gasteiger partial charge in [0.2, 0.25) is 10.0 Å². The summed E-state index contributed by atoms with van der Waals surface area (Å²) in [5.41, 5.74) is 1.73. The van der Waals surface area contributed by atoms with Crippen LogP contribution < -0.4 is 0 Å². The van der Waals surface area contributed by atoms with E-state index in [0.717, 1.165) is 5.69 Å². The second-order valence-corrected chi connectivity index (χ2v) is 7.63. The van der Waals surface area contributed by atoms with Gasteiger partial charge in [-0.3, -0.25) is 4.79 Å². The number of ether oxygens (including phenoxy) is 1. The Morgan fingerprint density at radius 1 is 1.17 bits per heavy atom. The number of aromatic nitrogens is 2.